The van der Waals surface area contributed by atoms with E-state index >= 15 is 0 Å². The van der Waals surface area contributed by atoms with Crippen molar-refractivity contribution in [2.24, 2.45) is 0 Å². The number of hydrogen-bond acceptors (Lipinski definition) is 1. The fourth-order valence-corrected chi connectivity index (χ4v) is 3.60. The topological polar surface area (TPSA) is 17.1 Å². The van der Waals surface area contributed by atoms with Gasteiger partial charge in [0, 0.05) is 17.0 Å². The average molecular weight is 298 g/mol. The Kier molecular flexibility index (Phi) is 3.34. The molecule has 0 bridgehead atoms. The van der Waals surface area contributed by atoms with E-state index in [9.17, 15) is 4.79 Å². The molecule has 0 saturated heterocycles. The van der Waals surface area contributed by atoms with Crippen LogP contribution < -0.4 is 0 Å². The van der Waals surface area contributed by atoms with Crippen LogP contribution in [0, 0.1) is 0 Å². The summed E-state index contributed by atoms with van der Waals surface area (Å²) in [6.07, 6.45) is 0.796. The molecule has 3 aromatic rings. The standard InChI is InChI=1S/C22H18O/c1-15-18-11-5-6-12-20(18)22(23)21-17(10-7-13-19(15)21)14-16-8-3-2-4-9-16/h2-13,15H,14H2,1H3. The third-order valence-corrected chi connectivity index (χ3v) is 4.79. The molecule has 0 saturated carbocycles. The number of hydrogen-bond donors (Lipinski definition) is 0. The first-order chi connectivity index (χ1) is 11.3. The normalized spacial score (nSPS) is 15.9. The summed E-state index contributed by atoms with van der Waals surface area (Å²) in [6.45, 7) is 2.19. The van der Waals surface area contributed by atoms with Crippen molar-refractivity contribution >= 4 is 5.78 Å². The van der Waals surface area contributed by atoms with E-state index in [1.165, 1.54) is 5.56 Å². The Balaban J connectivity index is 1.85. The number of carbonyl (C=O) groups excluding carboxylic acids is 1. The van der Waals surface area contributed by atoms with Gasteiger partial charge in [0.1, 0.15) is 0 Å². The maximum Gasteiger partial charge on any atom is 0.193 e. The molecule has 4 rings (SSSR count). The quantitative estimate of drug-likeness (QED) is 0.652. The molecule has 23 heavy (non-hydrogen) atoms. The molecule has 1 unspecified atom stereocenters. The molecule has 1 nitrogen and oxygen atoms in total. The van der Waals surface area contributed by atoms with Gasteiger partial charge < -0.3 is 0 Å². The zero-order valence-electron chi connectivity index (χ0n) is 13.1. The highest BCUT2D eigenvalue weighted by Gasteiger charge is 2.29. The van der Waals surface area contributed by atoms with E-state index in [0.29, 0.717) is 0 Å². The summed E-state index contributed by atoms with van der Waals surface area (Å²) in [5.74, 6) is 0.426. The Morgan fingerprint density at radius 3 is 2.30 bits per heavy atom. The molecule has 0 aromatic heterocycles. The minimum absolute atomic E-state index is 0.167. The maximum atomic E-state index is 13.1. The number of carbonyl (C=O) groups is 1. The molecule has 0 fully saturated rings. The van der Waals surface area contributed by atoms with E-state index in [4.69, 9.17) is 0 Å². The summed E-state index contributed by atoms with van der Waals surface area (Å²) in [5, 5.41) is 0. The first kappa shape index (κ1) is 14.0. The summed E-state index contributed by atoms with van der Waals surface area (Å²) in [5.41, 5.74) is 6.42. The third-order valence-electron chi connectivity index (χ3n) is 4.79. The van der Waals surface area contributed by atoms with Gasteiger partial charge in [0.2, 0.25) is 0 Å². The molecule has 1 heteroatoms. The van der Waals surface area contributed by atoms with Crippen LogP contribution in [0.1, 0.15) is 51.0 Å². The fourth-order valence-electron chi connectivity index (χ4n) is 3.60. The number of rotatable bonds is 2. The SMILES string of the molecule is CC1c2ccccc2C(=O)c2c(Cc3ccccc3)cccc21. The second-order valence-electron chi connectivity index (χ2n) is 6.18. The lowest BCUT2D eigenvalue weighted by Crippen LogP contribution is -2.20. The van der Waals surface area contributed by atoms with Crippen molar-refractivity contribution in [1.82, 2.24) is 0 Å². The van der Waals surface area contributed by atoms with Gasteiger partial charge in [0.05, 0.1) is 0 Å². The van der Waals surface area contributed by atoms with E-state index in [2.05, 4.69) is 43.3 Å². The second kappa shape index (κ2) is 5.51. The van der Waals surface area contributed by atoms with Crippen molar-refractivity contribution in [2.45, 2.75) is 19.3 Å². The van der Waals surface area contributed by atoms with Crippen molar-refractivity contribution in [3.05, 3.63) is 106 Å². The van der Waals surface area contributed by atoms with E-state index in [1.54, 1.807) is 0 Å². The van der Waals surface area contributed by atoms with Crippen LogP contribution in [-0.2, 0) is 6.42 Å². The van der Waals surface area contributed by atoms with Crippen molar-refractivity contribution in [3.8, 4) is 0 Å². The van der Waals surface area contributed by atoms with E-state index < -0.39 is 0 Å². The van der Waals surface area contributed by atoms with Crippen molar-refractivity contribution in [3.63, 3.8) is 0 Å². The average Bonchev–Trinajstić information content (AvgIpc) is 2.60. The van der Waals surface area contributed by atoms with Crippen molar-refractivity contribution in [1.29, 1.82) is 0 Å². The minimum Gasteiger partial charge on any atom is -0.289 e. The van der Waals surface area contributed by atoms with Crippen LogP contribution in [0.4, 0.5) is 0 Å². The molecule has 0 heterocycles. The molecule has 0 N–H and O–H groups in total. The van der Waals surface area contributed by atoms with Crippen LogP contribution in [0.5, 0.6) is 0 Å². The van der Waals surface area contributed by atoms with Crippen LogP contribution in [0.15, 0.2) is 72.8 Å². The molecule has 112 valence electrons. The monoisotopic (exact) mass is 298 g/mol. The predicted molar refractivity (Wildman–Crippen MR) is 93.1 cm³/mol. The molecule has 0 aliphatic heterocycles. The Hall–Kier alpha value is -2.67. The Labute approximate surface area is 136 Å². The summed E-state index contributed by atoms with van der Waals surface area (Å²) in [4.78, 5) is 13.1. The number of fused-ring (bicyclic) bond motifs is 2. The molecule has 1 aliphatic carbocycles. The van der Waals surface area contributed by atoms with Crippen LogP contribution in [0.25, 0.3) is 0 Å². The highest BCUT2D eigenvalue weighted by Crippen LogP contribution is 2.38. The molecule has 1 atom stereocenters. The van der Waals surface area contributed by atoms with E-state index in [1.807, 2.05) is 36.4 Å². The van der Waals surface area contributed by atoms with Gasteiger partial charge in [-0.1, -0.05) is 79.7 Å². The summed E-state index contributed by atoms with van der Waals surface area (Å²) < 4.78 is 0. The molecular weight excluding hydrogens is 280 g/mol. The minimum atomic E-state index is 0.167. The molecule has 1 aliphatic rings. The van der Waals surface area contributed by atoms with Gasteiger partial charge in [-0.15, -0.1) is 0 Å². The van der Waals surface area contributed by atoms with Crippen molar-refractivity contribution in [2.75, 3.05) is 0 Å². The highest BCUT2D eigenvalue weighted by atomic mass is 16.1. The predicted octanol–water partition coefficient (Wildman–Crippen LogP) is 4.97. The fraction of sp³-hybridized carbons (Fsp3) is 0.136. The van der Waals surface area contributed by atoms with Crippen LogP contribution in [0.2, 0.25) is 0 Å². The smallest absolute Gasteiger partial charge is 0.193 e. The highest BCUT2D eigenvalue weighted by molar-refractivity contribution is 6.13. The van der Waals surface area contributed by atoms with Gasteiger partial charge in [0.15, 0.2) is 5.78 Å². The number of ketones is 1. The molecule has 3 aromatic carbocycles. The van der Waals surface area contributed by atoms with Crippen molar-refractivity contribution < 1.29 is 4.79 Å². The van der Waals surface area contributed by atoms with Gasteiger partial charge in [0.25, 0.3) is 0 Å². The molecular formula is C22H18O. The zero-order valence-corrected chi connectivity index (χ0v) is 13.1. The Bertz CT molecular complexity index is 877. The van der Waals surface area contributed by atoms with Gasteiger partial charge >= 0.3 is 0 Å². The van der Waals surface area contributed by atoms with Gasteiger partial charge in [-0.05, 0) is 28.7 Å². The zero-order chi connectivity index (χ0) is 15.8. The van der Waals surface area contributed by atoms with E-state index in [0.717, 1.165) is 34.2 Å². The van der Waals surface area contributed by atoms with Gasteiger partial charge in [-0.25, -0.2) is 0 Å². The second-order valence-corrected chi connectivity index (χ2v) is 6.18. The Morgan fingerprint density at radius 2 is 1.48 bits per heavy atom. The lowest BCUT2D eigenvalue weighted by molar-refractivity contribution is 0.103. The third kappa shape index (κ3) is 2.29. The lowest BCUT2D eigenvalue weighted by Gasteiger charge is -2.26. The summed E-state index contributed by atoms with van der Waals surface area (Å²) >= 11 is 0. The summed E-state index contributed by atoms with van der Waals surface area (Å²) in [7, 11) is 0. The first-order valence-electron chi connectivity index (χ1n) is 8.05. The van der Waals surface area contributed by atoms with E-state index in [-0.39, 0.29) is 11.7 Å². The van der Waals surface area contributed by atoms with Crippen LogP contribution >= 0.6 is 0 Å². The Morgan fingerprint density at radius 1 is 0.783 bits per heavy atom. The molecule has 0 radical (unpaired) electrons. The first-order valence-corrected chi connectivity index (χ1v) is 8.05. The molecule has 0 amide bonds. The van der Waals surface area contributed by atoms with Gasteiger partial charge in [-0.2, -0.15) is 0 Å². The summed E-state index contributed by atoms with van der Waals surface area (Å²) in [6, 6.07) is 24.6. The molecule has 0 spiro atoms. The lowest BCUT2D eigenvalue weighted by atomic mass is 9.76. The van der Waals surface area contributed by atoms with Crippen LogP contribution in [-0.4, -0.2) is 5.78 Å². The van der Waals surface area contributed by atoms with Crippen LogP contribution in [0.3, 0.4) is 0 Å². The number of benzene rings is 3. The maximum absolute atomic E-state index is 13.1. The van der Waals surface area contributed by atoms with Gasteiger partial charge in [-0.3, -0.25) is 4.79 Å². The largest absolute Gasteiger partial charge is 0.289 e.